The number of benzene rings is 2. The van der Waals surface area contributed by atoms with Crippen LogP contribution in [0.15, 0.2) is 48.8 Å². The summed E-state index contributed by atoms with van der Waals surface area (Å²) in [6.45, 7) is 4.54. The van der Waals surface area contributed by atoms with E-state index >= 15 is 0 Å². The van der Waals surface area contributed by atoms with Gasteiger partial charge in [-0.2, -0.15) is 0 Å². The number of aliphatic hydroxyl groups is 1. The number of nitrogens with zero attached hydrogens (tertiary/aromatic N) is 2. The van der Waals surface area contributed by atoms with Crippen LogP contribution in [0.3, 0.4) is 0 Å². The number of hydrogen-bond donors (Lipinski definition) is 1. The number of aliphatic hydroxyl groups excluding tert-OH is 1. The Morgan fingerprint density at radius 3 is 2.55 bits per heavy atom. The van der Waals surface area contributed by atoms with Gasteiger partial charge in [-0.05, 0) is 36.2 Å². The van der Waals surface area contributed by atoms with E-state index in [1.807, 2.05) is 36.6 Å². The zero-order chi connectivity index (χ0) is 14.1. The van der Waals surface area contributed by atoms with Crippen LogP contribution in [0.1, 0.15) is 23.1 Å². The van der Waals surface area contributed by atoms with Crippen LogP contribution in [0.2, 0.25) is 0 Å². The van der Waals surface area contributed by atoms with Crippen molar-refractivity contribution < 1.29 is 5.11 Å². The molecule has 0 aliphatic heterocycles. The van der Waals surface area contributed by atoms with Crippen LogP contribution < -0.4 is 0 Å². The Bertz CT molecular complexity index is 746. The molecule has 0 saturated carbocycles. The Hall–Kier alpha value is -2.13. The van der Waals surface area contributed by atoms with Crippen LogP contribution in [0.5, 0.6) is 0 Å². The summed E-state index contributed by atoms with van der Waals surface area (Å²) in [5, 5.41) is 12.8. The van der Waals surface area contributed by atoms with Gasteiger partial charge in [0.1, 0.15) is 0 Å². The highest BCUT2D eigenvalue weighted by molar-refractivity contribution is 5.83. The molecule has 0 aliphatic rings. The summed E-state index contributed by atoms with van der Waals surface area (Å²) in [7, 11) is 0. The summed E-state index contributed by atoms with van der Waals surface area (Å²) in [6, 6.07) is 14.3. The lowest BCUT2D eigenvalue weighted by Crippen LogP contribution is -2.09. The van der Waals surface area contributed by atoms with E-state index in [1.54, 1.807) is 6.33 Å². The van der Waals surface area contributed by atoms with Gasteiger partial charge in [0.25, 0.3) is 0 Å². The SMILES string of the molecule is Cc1ncn(CC(O)c2ccc3ccccc3c2)c1C. The minimum atomic E-state index is -0.521. The minimum Gasteiger partial charge on any atom is -0.387 e. The Morgan fingerprint density at radius 2 is 1.85 bits per heavy atom. The van der Waals surface area contributed by atoms with Crippen LogP contribution >= 0.6 is 0 Å². The molecule has 20 heavy (non-hydrogen) atoms. The fraction of sp³-hybridized carbons (Fsp3) is 0.235. The lowest BCUT2D eigenvalue weighted by Gasteiger charge is -2.14. The zero-order valence-corrected chi connectivity index (χ0v) is 11.7. The van der Waals surface area contributed by atoms with Gasteiger partial charge in [-0.25, -0.2) is 4.98 Å². The first-order valence-corrected chi connectivity index (χ1v) is 6.80. The summed E-state index contributed by atoms with van der Waals surface area (Å²) in [4.78, 5) is 4.26. The number of aryl methyl sites for hydroxylation is 1. The van der Waals surface area contributed by atoms with Gasteiger partial charge in [-0.3, -0.25) is 0 Å². The summed E-state index contributed by atoms with van der Waals surface area (Å²) >= 11 is 0. The second-order valence-corrected chi connectivity index (χ2v) is 5.19. The van der Waals surface area contributed by atoms with E-state index in [-0.39, 0.29) is 0 Å². The van der Waals surface area contributed by atoms with E-state index in [1.165, 1.54) is 5.39 Å². The first-order chi connectivity index (χ1) is 9.65. The van der Waals surface area contributed by atoms with Gasteiger partial charge in [-0.15, -0.1) is 0 Å². The third kappa shape index (κ3) is 2.32. The van der Waals surface area contributed by atoms with E-state index in [2.05, 4.69) is 29.2 Å². The monoisotopic (exact) mass is 266 g/mol. The van der Waals surface area contributed by atoms with E-state index in [4.69, 9.17) is 0 Å². The van der Waals surface area contributed by atoms with Crippen LogP contribution in [-0.4, -0.2) is 14.7 Å². The van der Waals surface area contributed by atoms with E-state index in [0.717, 1.165) is 22.3 Å². The van der Waals surface area contributed by atoms with Crippen molar-refractivity contribution in [1.29, 1.82) is 0 Å². The molecule has 2 aromatic carbocycles. The van der Waals surface area contributed by atoms with E-state index in [0.29, 0.717) is 6.54 Å². The summed E-state index contributed by atoms with van der Waals surface area (Å²) in [5.41, 5.74) is 3.05. The Morgan fingerprint density at radius 1 is 1.10 bits per heavy atom. The van der Waals surface area contributed by atoms with Crippen LogP contribution in [0.4, 0.5) is 0 Å². The summed E-state index contributed by atoms with van der Waals surface area (Å²) < 4.78 is 2.00. The van der Waals surface area contributed by atoms with Crippen molar-refractivity contribution in [2.75, 3.05) is 0 Å². The second-order valence-electron chi connectivity index (χ2n) is 5.19. The van der Waals surface area contributed by atoms with Gasteiger partial charge in [0, 0.05) is 5.69 Å². The topological polar surface area (TPSA) is 38.0 Å². The maximum absolute atomic E-state index is 10.4. The predicted molar refractivity (Wildman–Crippen MR) is 80.6 cm³/mol. The molecule has 1 aromatic heterocycles. The maximum Gasteiger partial charge on any atom is 0.0969 e. The third-order valence-corrected chi connectivity index (χ3v) is 3.87. The van der Waals surface area contributed by atoms with Crippen molar-refractivity contribution >= 4 is 10.8 Å². The van der Waals surface area contributed by atoms with Crippen LogP contribution in [-0.2, 0) is 6.54 Å². The summed E-state index contributed by atoms with van der Waals surface area (Å²) in [5.74, 6) is 0. The highest BCUT2D eigenvalue weighted by Crippen LogP contribution is 2.22. The smallest absolute Gasteiger partial charge is 0.0969 e. The molecule has 3 rings (SSSR count). The van der Waals surface area contributed by atoms with Gasteiger partial charge in [0.2, 0.25) is 0 Å². The van der Waals surface area contributed by atoms with Crippen molar-refractivity contribution in [3.8, 4) is 0 Å². The quantitative estimate of drug-likeness (QED) is 0.789. The fourth-order valence-corrected chi connectivity index (χ4v) is 2.44. The molecule has 1 N–H and O–H groups in total. The molecular formula is C17H18N2O. The molecule has 3 heteroatoms. The van der Waals surface area contributed by atoms with Crippen molar-refractivity contribution in [2.24, 2.45) is 0 Å². The molecule has 1 atom stereocenters. The minimum absolute atomic E-state index is 0.521. The number of fused-ring (bicyclic) bond motifs is 1. The number of aromatic nitrogens is 2. The largest absolute Gasteiger partial charge is 0.387 e. The number of rotatable bonds is 3. The molecule has 0 aliphatic carbocycles. The van der Waals surface area contributed by atoms with Crippen molar-refractivity contribution in [1.82, 2.24) is 9.55 Å². The van der Waals surface area contributed by atoms with Gasteiger partial charge in [0.15, 0.2) is 0 Å². The first-order valence-electron chi connectivity index (χ1n) is 6.80. The van der Waals surface area contributed by atoms with Crippen molar-refractivity contribution in [3.05, 3.63) is 65.7 Å². The number of imidazole rings is 1. The van der Waals surface area contributed by atoms with E-state index in [9.17, 15) is 5.11 Å². The molecule has 0 fully saturated rings. The molecule has 102 valence electrons. The van der Waals surface area contributed by atoms with Gasteiger partial charge in [0.05, 0.1) is 24.7 Å². The molecule has 0 bridgehead atoms. The normalized spacial score (nSPS) is 12.8. The van der Waals surface area contributed by atoms with Gasteiger partial charge in [-0.1, -0.05) is 36.4 Å². The van der Waals surface area contributed by atoms with Gasteiger partial charge >= 0.3 is 0 Å². The molecule has 3 nitrogen and oxygen atoms in total. The molecular weight excluding hydrogens is 248 g/mol. The Balaban J connectivity index is 1.88. The molecule has 1 heterocycles. The molecule has 0 saturated heterocycles. The highest BCUT2D eigenvalue weighted by atomic mass is 16.3. The lowest BCUT2D eigenvalue weighted by molar-refractivity contribution is 0.156. The molecule has 1 unspecified atom stereocenters. The van der Waals surface area contributed by atoms with Crippen molar-refractivity contribution in [2.45, 2.75) is 26.5 Å². The van der Waals surface area contributed by atoms with E-state index < -0.39 is 6.10 Å². The van der Waals surface area contributed by atoms with Crippen molar-refractivity contribution in [3.63, 3.8) is 0 Å². The maximum atomic E-state index is 10.4. The second kappa shape index (κ2) is 5.10. The molecule has 3 aromatic rings. The average Bonchev–Trinajstić information content (AvgIpc) is 2.78. The summed E-state index contributed by atoms with van der Waals surface area (Å²) in [6.07, 6.45) is 1.27. The average molecular weight is 266 g/mol. The van der Waals surface area contributed by atoms with Crippen LogP contribution in [0.25, 0.3) is 10.8 Å². The third-order valence-electron chi connectivity index (χ3n) is 3.87. The van der Waals surface area contributed by atoms with Crippen LogP contribution in [0, 0.1) is 13.8 Å². The highest BCUT2D eigenvalue weighted by Gasteiger charge is 2.11. The molecule has 0 radical (unpaired) electrons. The predicted octanol–water partition coefficient (Wildman–Crippen LogP) is 3.39. The lowest BCUT2D eigenvalue weighted by atomic mass is 10.0. The Labute approximate surface area is 118 Å². The standard InChI is InChI=1S/C17H18N2O/c1-12-13(2)19(11-18-12)10-17(20)16-8-7-14-5-3-4-6-15(14)9-16/h3-9,11,17,20H,10H2,1-2H3. The fourth-order valence-electron chi connectivity index (χ4n) is 2.44. The first kappa shape index (κ1) is 12.9. The molecule has 0 amide bonds. The van der Waals surface area contributed by atoms with Gasteiger partial charge < -0.3 is 9.67 Å². The zero-order valence-electron chi connectivity index (χ0n) is 11.7. The molecule has 0 spiro atoms. The Kier molecular flexibility index (Phi) is 3.28. The number of hydrogen-bond acceptors (Lipinski definition) is 2.